The highest BCUT2D eigenvalue weighted by molar-refractivity contribution is 5.88. The second-order valence-electron chi connectivity index (χ2n) is 8.02. The van der Waals surface area contributed by atoms with Crippen molar-refractivity contribution in [2.45, 2.75) is 76.5 Å². The van der Waals surface area contributed by atoms with Crippen molar-refractivity contribution < 1.29 is 28.3 Å². The van der Waals surface area contributed by atoms with Crippen molar-refractivity contribution in [3.05, 3.63) is 35.9 Å². The maximum absolute atomic E-state index is 13.5. The summed E-state index contributed by atoms with van der Waals surface area (Å²) in [6.07, 6.45) is 3.40. The Kier molecular flexibility index (Phi) is 6.16. The van der Waals surface area contributed by atoms with Crippen LogP contribution in [0.1, 0.15) is 55.6 Å². The number of carbonyl (C=O) groups excluding carboxylic acids is 2. The van der Waals surface area contributed by atoms with E-state index in [0.29, 0.717) is 19.3 Å². The van der Waals surface area contributed by atoms with Gasteiger partial charge in [-0.3, -0.25) is 14.9 Å². The van der Waals surface area contributed by atoms with Crippen molar-refractivity contribution in [2.24, 2.45) is 5.92 Å². The molecule has 2 N–H and O–H groups in total. The lowest BCUT2D eigenvalue weighted by atomic mass is 10.0. The van der Waals surface area contributed by atoms with Crippen molar-refractivity contribution in [1.82, 2.24) is 10.2 Å². The molecule has 1 heterocycles. The average Bonchev–Trinajstić information content (AvgIpc) is 3.34. The summed E-state index contributed by atoms with van der Waals surface area (Å²) in [5.41, 5.74) is 0.963. The molecule has 5 atom stereocenters. The Bertz CT molecular complexity index is 848. The zero-order valence-electron chi connectivity index (χ0n) is 20.3. The summed E-state index contributed by atoms with van der Waals surface area (Å²) >= 11 is 0. The molecule has 0 spiro atoms. The summed E-state index contributed by atoms with van der Waals surface area (Å²) in [5.74, 6) is -2.49. The molecule has 0 aromatic heterocycles. The summed E-state index contributed by atoms with van der Waals surface area (Å²) in [6.45, 7) is -1.000. The smallest absolute Gasteiger partial charge is 0.326 e. The van der Waals surface area contributed by atoms with E-state index in [1.54, 1.807) is 6.92 Å². The van der Waals surface area contributed by atoms with Crippen molar-refractivity contribution in [3.63, 3.8) is 0 Å². The Balaban J connectivity index is 1.83. The van der Waals surface area contributed by atoms with Crippen molar-refractivity contribution in [1.29, 1.82) is 0 Å². The molecule has 0 unspecified atom stereocenters. The third-order valence-corrected chi connectivity index (χ3v) is 6.13. The molecule has 1 aromatic carbocycles. The summed E-state index contributed by atoms with van der Waals surface area (Å²) in [5, 5.41) is 12.4. The third-order valence-electron chi connectivity index (χ3n) is 6.13. The number of carboxylic acid groups (broad SMARTS) is 1. The second kappa shape index (κ2) is 10.1. The van der Waals surface area contributed by atoms with E-state index in [1.165, 1.54) is 4.90 Å². The molecule has 0 bridgehead atoms. The maximum Gasteiger partial charge on any atom is 0.326 e. The van der Waals surface area contributed by atoms with E-state index >= 15 is 0 Å². The highest BCUT2D eigenvalue weighted by Gasteiger charge is 2.49. The Morgan fingerprint density at radius 1 is 1.30 bits per heavy atom. The fraction of sp³-hybridized carbons (Fsp3) is 0.609. The predicted octanol–water partition coefficient (Wildman–Crippen LogP) is 2.38. The number of nitrogens with one attached hydrogen (secondary N) is 1. The van der Waals surface area contributed by atoms with Gasteiger partial charge in [-0.25, -0.2) is 4.79 Å². The van der Waals surface area contributed by atoms with Crippen LogP contribution >= 0.6 is 0 Å². The van der Waals surface area contributed by atoms with E-state index in [2.05, 4.69) is 5.32 Å². The molecular formula is C23H32N2O5. The number of likely N-dealkylation sites (tertiary alicyclic amines) is 1. The van der Waals surface area contributed by atoms with Gasteiger partial charge < -0.3 is 14.7 Å². The standard InChI is InChI=1S/C23H32N2O5/c1-3-30-23(29)18(13-12-16-8-5-4-6-9-16)24-15(2)21(26)25-19-11-7-10-17(19)14-20(25)22(27)28/h4-6,8-9,15,17-20,24H,3,7,10-14H2,1-2H3,(H,27,28)/t15-,17+,18+,19+,20+/m1/s1/i2D3. The minimum absolute atomic E-state index is 0.0613. The lowest BCUT2D eigenvalue weighted by Gasteiger charge is -2.31. The lowest BCUT2D eigenvalue weighted by molar-refractivity contribution is -0.151. The Hall–Kier alpha value is -2.41. The topological polar surface area (TPSA) is 95.9 Å². The third kappa shape index (κ3) is 5.01. The number of amides is 1. The number of benzene rings is 1. The van der Waals surface area contributed by atoms with Crippen LogP contribution in [0.25, 0.3) is 0 Å². The van der Waals surface area contributed by atoms with Crippen LogP contribution in [0.2, 0.25) is 0 Å². The van der Waals surface area contributed by atoms with Crippen molar-refractivity contribution in [2.75, 3.05) is 6.61 Å². The van der Waals surface area contributed by atoms with E-state index in [0.717, 1.165) is 18.4 Å². The monoisotopic (exact) mass is 419 g/mol. The van der Waals surface area contributed by atoms with Gasteiger partial charge >= 0.3 is 11.9 Å². The van der Waals surface area contributed by atoms with Gasteiger partial charge in [0.2, 0.25) is 5.91 Å². The molecule has 1 amide bonds. The number of carbonyl (C=O) groups is 3. The molecule has 7 heteroatoms. The average molecular weight is 420 g/mol. The van der Waals surface area contributed by atoms with Gasteiger partial charge in [0.25, 0.3) is 0 Å². The Morgan fingerprint density at radius 3 is 2.73 bits per heavy atom. The first kappa shape index (κ1) is 18.4. The summed E-state index contributed by atoms with van der Waals surface area (Å²) in [6, 6.07) is 5.35. The molecule has 0 radical (unpaired) electrons. The van der Waals surface area contributed by atoms with E-state index in [1.807, 2.05) is 30.3 Å². The minimum Gasteiger partial charge on any atom is -0.480 e. The summed E-state index contributed by atoms with van der Waals surface area (Å²) < 4.78 is 29.1. The van der Waals surface area contributed by atoms with Gasteiger partial charge in [0, 0.05) is 10.2 Å². The summed E-state index contributed by atoms with van der Waals surface area (Å²) in [7, 11) is 0. The zero-order chi connectivity index (χ0) is 24.2. The van der Waals surface area contributed by atoms with Crippen LogP contribution in [-0.2, 0) is 25.5 Å². The number of esters is 1. The molecule has 1 aliphatic heterocycles. The van der Waals surface area contributed by atoms with Crippen molar-refractivity contribution >= 4 is 17.8 Å². The van der Waals surface area contributed by atoms with E-state index in [9.17, 15) is 19.5 Å². The molecule has 1 aromatic rings. The largest absolute Gasteiger partial charge is 0.480 e. The number of carboxylic acids is 1. The van der Waals surface area contributed by atoms with Gasteiger partial charge in [0.15, 0.2) is 0 Å². The molecule has 1 saturated heterocycles. The van der Waals surface area contributed by atoms with Gasteiger partial charge in [-0.05, 0) is 57.4 Å². The minimum atomic E-state index is -2.77. The maximum atomic E-state index is 13.5. The molecule has 1 saturated carbocycles. The van der Waals surface area contributed by atoms with Crippen LogP contribution in [0.15, 0.2) is 30.3 Å². The number of fused-ring (bicyclic) bond motifs is 1. The second-order valence-corrected chi connectivity index (χ2v) is 8.02. The highest BCUT2D eigenvalue weighted by atomic mass is 16.5. The van der Waals surface area contributed by atoms with Crippen LogP contribution in [0, 0.1) is 5.92 Å². The van der Waals surface area contributed by atoms with Crippen LogP contribution < -0.4 is 5.32 Å². The predicted molar refractivity (Wildman–Crippen MR) is 112 cm³/mol. The van der Waals surface area contributed by atoms with Crippen molar-refractivity contribution in [3.8, 4) is 0 Å². The van der Waals surface area contributed by atoms with E-state index in [4.69, 9.17) is 8.85 Å². The molecule has 164 valence electrons. The van der Waals surface area contributed by atoms with Crippen LogP contribution in [0.4, 0.5) is 0 Å². The normalized spacial score (nSPS) is 26.8. The Labute approximate surface area is 182 Å². The van der Waals surface area contributed by atoms with Gasteiger partial charge in [0.05, 0.1) is 12.6 Å². The van der Waals surface area contributed by atoms with Crippen LogP contribution in [0.5, 0.6) is 0 Å². The molecule has 1 aliphatic carbocycles. The van der Waals surface area contributed by atoms with E-state index in [-0.39, 0.29) is 25.0 Å². The SMILES string of the molecule is [2H]C([2H])([2H])[C@@H](N[C@@H](CCc1ccccc1)C(=O)OCC)C(=O)N1[C@H](C(=O)O)C[C@@H]2CCC[C@@H]21. The molecule has 3 rings (SSSR count). The van der Waals surface area contributed by atoms with E-state index < -0.39 is 42.8 Å². The highest BCUT2D eigenvalue weighted by Crippen LogP contribution is 2.41. The fourth-order valence-corrected chi connectivity index (χ4v) is 4.72. The molecule has 30 heavy (non-hydrogen) atoms. The first-order valence-corrected chi connectivity index (χ1v) is 10.6. The Morgan fingerprint density at radius 2 is 2.07 bits per heavy atom. The van der Waals surface area contributed by atoms with Gasteiger partial charge in [-0.15, -0.1) is 0 Å². The van der Waals surface area contributed by atoms with Gasteiger partial charge in [-0.1, -0.05) is 36.8 Å². The molecule has 7 nitrogen and oxygen atoms in total. The quantitative estimate of drug-likeness (QED) is 0.597. The zero-order valence-corrected chi connectivity index (χ0v) is 17.3. The molecule has 2 fully saturated rings. The lowest BCUT2D eigenvalue weighted by Crippen LogP contribution is -2.55. The number of aliphatic carboxylic acids is 1. The first-order chi connectivity index (χ1) is 15.6. The number of rotatable bonds is 9. The molecule has 2 aliphatic rings. The first-order valence-electron chi connectivity index (χ1n) is 12.1. The van der Waals surface area contributed by atoms with Crippen LogP contribution in [-0.4, -0.2) is 58.6 Å². The number of ether oxygens (including phenoxy) is 1. The number of aryl methyl sites for hydroxylation is 1. The van der Waals surface area contributed by atoms with Crippen LogP contribution in [0.3, 0.4) is 0 Å². The molecular weight excluding hydrogens is 384 g/mol. The fourth-order valence-electron chi connectivity index (χ4n) is 4.72. The number of nitrogens with zero attached hydrogens (tertiary/aromatic N) is 1. The van der Waals surface area contributed by atoms with Gasteiger partial charge in [0.1, 0.15) is 12.1 Å². The number of hydrogen-bond donors (Lipinski definition) is 2. The summed E-state index contributed by atoms with van der Waals surface area (Å²) in [4.78, 5) is 39.3. The van der Waals surface area contributed by atoms with Gasteiger partial charge in [-0.2, -0.15) is 0 Å². The number of hydrogen-bond acceptors (Lipinski definition) is 5.